The van der Waals surface area contributed by atoms with E-state index in [4.69, 9.17) is 16.5 Å². The summed E-state index contributed by atoms with van der Waals surface area (Å²) in [6, 6.07) is 60.9. The van der Waals surface area contributed by atoms with Gasteiger partial charge >= 0.3 is 0 Å². The first-order chi connectivity index (χ1) is 25.7. The Hall–Kier alpha value is -7.29. The maximum Gasteiger partial charge on any atom is 0.187 e. The van der Waals surface area contributed by atoms with Crippen molar-refractivity contribution in [3.8, 4) is 45.3 Å². The highest BCUT2D eigenvalue weighted by Gasteiger charge is 2.21. The van der Waals surface area contributed by atoms with E-state index in [1.54, 1.807) is 0 Å². The molecule has 3 aromatic heterocycles. The van der Waals surface area contributed by atoms with Gasteiger partial charge in [-0.15, -0.1) is 0 Å². The molecule has 10 aromatic rings. The molecule has 10 rings (SSSR count). The normalized spacial score (nSPS) is 11.4. The van der Waals surface area contributed by atoms with Crippen molar-refractivity contribution in [3.63, 3.8) is 0 Å². The van der Waals surface area contributed by atoms with E-state index in [0.29, 0.717) is 11.5 Å². The van der Waals surface area contributed by atoms with Crippen LogP contribution in [-0.4, -0.2) is 19.1 Å². The van der Waals surface area contributed by atoms with Gasteiger partial charge in [-0.2, -0.15) is 0 Å². The van der Waals surface area contributed by atoms with Gasteiger partial charge in [-0.3, -0.25) is 0 Å². The molecule has 0 aliphatic rings. The Balaban J connectivity index is 1.19. The van der Waals surface area contributed by atoms with Crippen molar-refractivity contribution >= 4 is 49.3 Å². The fourth-order valence-corrected chi connectivity index (χ4v) is 7.58. The summed E-state index contributed by atoms with van der Waals surface area (Å²) in [5.74, 6) is 0.700. The summed E-state index contributed by atoms with van der Waals surface area (Å²) < 4.78 is 4.72. The van der Waals surface area contributed by atoms with Crippen LogP contribution in [0.3, 0.4) is 0 Å². The van der Waals surface area contributed by atoms with E-state index < -0.39 is 0 Å². The van der Waals surface area contributed by atoms with Gasteiger partial charge in [0.05, 0.1) is 40.0 Å². The molecule has 5 heteroatoms. The largest absolute Gasteiger partial charge is 0.309 e. The molecule has 5 nitrogen and oxygen atoms in total. The summed E-state index contributed by atoms with van der Waals surface area (Å²) in [5.41, 5.74) is 12.1. The van der Waals surface area contributed by atoms with Crippen LogP contribution in [0.1, 0.15) is 0 Å². The number of fused-ring (bicyclic) bond motifs is 7. The predicted molar refractivity (Wildman–Crippen MR) is 213 cm³/mol. The Morgan fingerprint density at radius 2 is 0.962 bits per heavy atom. The number of hydrogen-bond acceptors (Lipinski definition) is 2. The van der Waals surface area contributed by atoms with Gasteiger partial charge in [-0.05, 0) is 48.5 Å². The third-order valence-electron chi connectivity index (χ3n) is 9.96. The first-order valence-corrected chi connectivity index (χ1v) is 17.3. The van der Waals surface area contributed by atoms with Crippen molar-refractivity contribution in [3.05, 3.63) is 187 Å². The highest BCUT2D eigenvalue weighted by molar-refractivity contribution is 6.26. The van der Waals surface area contributed by atoms with Crippen LogP contribution in [0, 0.1) is 6.57 Å². The molecule has 0 aliphatic heterocycles. The van der Waals surface area contributed by atoms with Crippen LogP contribution in [0.4, 0.5) is 5.69 Å². The van der Waals surface area contributed by atoms with Crippen LogP contribution >= 0.6 is 0 Å². The number of rotatable bonds is 5. The predicted octanol–water partition coefficient (Wildman–Crippen LogP) is 12.2. The lowest BCUT2D eigenvalue weighted by atomic mass is 10.1. The van der Waals surface area contributed by atoms with Crippen LogP contribution in [0.25, 0.3) is 93.7 Å². The highest BCUT2D eigenvalue weighted by Crippen LogP contribution is 2.42. The Bertz CT molecular complexity index is 2930. The van der Waals surface area contributed by atoms with Crippen molar-refractivity contribution < 1.29 is 0 Å². The average Bonchev–Trinajstić information content (AvgIpc) is 3.74. The zero-order valence-electron chi connectivity index (χ0n) is 28.0. The van der Waals surface area contributed by atoms with Crippen molar-refractivity contribution in [2.45, 2.75) is 0 Å². The lowest BCUT2D eigenvalue weighted by molar-refractivity contribution is 1.17. The Kier molecular flexibility index (Phi) is 6.80. The van der Waals surface area contributed by atoms with Gasteiger partial charge in [0, 0.05) is 49.6 Å². The molecule has 0 saturated carbocycles. The van der Waals surface area contributed by atoms with E-state index in [0.717, 1.165) is 56.0 Å². The molecule has 0 aliphatic carbocycles. The molecule has 0 bridgehead atoms. The molecule has 242 valence electrons. The van der Waals surface area contributed by atoms with E-state index >= 15 is 0 Å². The van der Waals surface area contributed by atoms with E-state index in [2.05, 4.69) is 129 Å². The van der Waals surface area contributed by atoms with Gasteiger partial charge in [0.15, 0.2) is 11.5 Å². The van der Waals surface area contributed by atoms with E-state index in [9.17, 15) is 0 Å². The van der Waals surface area contributed by atoms with Crippen molar-refractivity contribution in [1.29, 1.82) is 0 Å². The Labute approximate surface area is 300 Å². The minimum absolute atomic E-state index is 0.630. The lowest BCUT2D eigenvalue weighted by Crippen LogP contribution is -1.97. The second-order valence-corrected chi connectivity index (χ2v) is 12.9. The summed E-state index contributed by atoms with van der Waals surface area (Å²) >= 11 is 0. The first kappa shape index (κ1) is 29.6. The zero-order chi connectivity index (χ0) is 34.6. The van der Waals surface area contributed by atoms with Crippen LogP contribution in [-0.2, 0) is 0 Å². The van der Waals surface area contributed by atoms with Crippen LogP contribution < -0.4 is 0 Å². The molecular weight excluding hydrogens is 635 g/mol. The molecule has 0 spiro atoms. The number of aromatic nitrogens is 4. The fraction of sp³-hybridized carbons (Fsp3) is 0. The summed E-state index contributed by atoms with van der Waals surface area (Å²) in [6.45, 7) is 7.46. The van der Waals surface area contributed by atoms with Gasteiger partial charge in [0.2, 0.25) is 0 Å². The molecule has 0 radical (unpaired) electrons. The van der Waals surface area contributed by atoms with Gasteiger partial charge < -0.3 is 9.13 Å². The summed E-state index contributed by atoms with van der Waals surface area (Å²) in [4.78, 5) is 13.7. The topological polar surface area (TPSA) is 40.0 Å². The molecule has 52 heavy (non-hydrogen) atoms. The van der Waals surface area contributed by atoms with Crippen molar-refractivity contribution in [2.75, 3.05) is 0 Å². The maximum absolute atomic E-state index is 7.46. The number of benzene rings is 7. The quantitative estimate of drug-likeness (QED) is 0.172. The molecule has 7 aromatic carbocycles. The standard InChI is InChI=1S/C47H29N5/c1-48-34-22-26-35(27-23-34)51-43-19-11-9-17-39(43)45-44(51)29-28-38-37-16-8-10-18-42(37)52(46(38)45)36-24-20-32(21-25-36)41-30-40(31-12-4-2-5-13-31)49-47(50-41)33-14-6-3-7-15-33/h2-30H. The fourth-order valence-electron chi connectivity index (χ4n) is 7.58. The van der Waals surface area contributed by atoms with Gasteiger partial charge in [0.1, 0.15) is 0 Å². The summed E-state index contributed by atoms with van der Waals surface area (Å²) in [6.07, 6.45) is 0. The SMILES string of the molecule is [C-]#[N+]c1ccc(-n2c3ccccc3c3c2ccc2c4ccccc4n(-c4ccc(-c5cc(-c6ccccc6)nc(-c6ccccc6)n5)cc4)c23)cc1. The number of hydrogen-bond donors (Lipinski definition) is 0. The Morgan fingerprint density at radius 1 is 0.423 bits per heavy atom. The second kappa shape index (κ2) is 11.9. The zero-order valence-corrected chi connectivity index (χ0v) is 28.0. The Morgan fingerprint density at radius 3 is 1.63 bits per heavy atom. The lowest BCUT2D eigenvalue weighted by Gasteiger charge is -2.12. The van der Waals surface area contributed by atoms with Crippen LogP contribution in [0.15, 0.2) is 176 Å². The molecule has 0 saturated heterocycles. The first-order valence-electron chi connectivity index (χ1n) is 17.3. The van der Waals surface area contributed by atoms with Crippen molar-refractivity contribution in [1.82, 2.24) is 19.1 Å². The molecule has 0 fully saturated rings. The number of nitrogens with zero attached hydrogens (tertiary/aromatic N) is 5. The van der Waals surface area contributed by atoms with E-state index in [1.165, 1.54) is 27.1 Å². The van der Waals surface area contributed by atoms with Crippen LogP contribution in [0.5, 0.6) is 0 Å². The van der Waals surface area contributed by atoms with Gasteiger partial charge in [-0.25, -0.2) is 14.8 Å². The van der Waals surface area contributed by atoms with E-state index in [-0.39, 0.29) is 0 Å². The van der Waals surface area contributed by atoms with Gasteiger partial charge in [0.25, 0.3) is 0 Å². The average molecular weight is 664 g/mol. The summed E-state index contributed by atoms with van der Waals surface area (Å²) in [7, 11) is 0. The van der Waals surface area contributed by atoms with E-state index in [1.807, 2.05) is 60.7 Å². The third-order valence-corrected chi connectivity index (χ3v) is 9.96. The monoisotopic (exact) mass is 663 g/mol. The second-order valence-electron chi connectivity index (χ2n) is 12.9. The molecule has 0 atom stereocenters. The molecule has 0 amide bonds. The number of para-hydroxylation sites is 2. The maximum atomic E-state index is 7.46. The summed E-state index contributed by atoms with van der Waals surface area (Å²) in [5, 5.41) is 4.78. The molecule has 3 heterocycles. The van der Waals surface area contributed by atoms with Gasteiger partial charge in [-0.1, -0.05) is 127 Å². The molecular formula is C47H29N5. The van der Waals surface area contributed by atoms with Crippen LogP contribution in [0.2, 0.25) is 0 Å². The highest BCUT2D eigenvalue weighted by atomic mass is 15.0. The minimum atomic E-state index is 0.630. The van der Waals surface area contributed by atoms with Crippen molar-refractivity contribution in [2.24, 2.45) is 0 Å². The third kappa shape index (κ3) is 4.70. The smallest absolute Gasteiger partial charge is 0.187 e. The molecule has 0 N–H and O–H groups in total. The minimum Gasteiger partial charge on any atom is -0.309 e. The molecule has 0 unspecified atom stereocenters.